The molecule has 334 valence electrons. The molecular formula is C56H64O6P2. The van der Waals surface area contributed by atoms with Crippen LogP contribution in [0.15, 0.2) is 89.6 Å². The maximum absolute atomic E-state index is 7.12. The molecule has 0 N–H and O–H groups in total. The molecular weight excluding hydrogens is 831 g/mol. The van der Waals surface area contributed by atoms with E-state index in [4.69, 9.17) is 26.3 Å². The maximum atomic E-state index is 7.12. The molecule has 0 aliphatic heterocycles. The minimum atomic E-state index is -1.62. The van der Waals surface area contributed by atoms with Crippen LogP contribution < -0.4 is 9.47 Å². The summed E-state index contributed by atoms with van der Waals surface area (Å²) in [5.41, 5.74) is 18.5. The van der Waals surface area contributed by atoms with Crippen LogP contribution in [0.25, 0.3) is 55.0 Å². The van der Waals surface area contributed by atoms with Crippen LogP contribution in [-0.2, 0) is 23.5 Å². The van der Waals surface area contributed by atoms with Crippen molar-refractivity contribution in [2.24, 2.45) is 0 Å². The van der Waals surface area contributed by atoms with E-state index in [2.05, 4.69) is 184 Å². The Morgan fingerprint density at radius 1 is 0.359 bits per heavy atom. The Balaban J connectivity index is 1.27. The Bertz CT molecular complexity index is 3090. The van der Waals surface area contributed by atoms with E-state index < -0.39 is 16.0 Å². The summed E-state index contributed by atoms with van der Waals surface area (Å²) in [7, 11) is -3.16. The molecule has 0 aliphatic rings. The van der Waals surface area contributed by atoms with Gasteiger partial charge in [0.25, 0.3) is 16.0 Å². The van der Waals surface area contributed by atoms with E-state index in [0.717, 1.165) is 111 Å². The highest BCUT2D eigenvalue weighted by molar-refractivity contribution is 7.36. The van der Waals surface area contributed by atoms with E-state index in [0.29, 0.717) is 0 Å². The Morgan fingerprint density at radius 3 is 0.984 bits per heavy atom. The predicted octanol–water partition coefficient (Wildman–Crippen LogP) is 18.3. The van der Waals surface area contributed by atoms with Crippen molar-refractivity contribution < 1.29 is 26.3 Å². The summed E-state index contributed by atoms with van der Waals surface area (Å²) in [6.45, 7) is 34.8. The van der Waals surface area contributed by atoms with Crippen molar-refractivity contribution in [3.63, 3.8) is 0 Å². The number of ether oxygens (including phenoxy) is 2. The van der Waals surface area contributed by atoms with Gasteiger partial charge in [-0.1, -0.05) is 77.9 Å². The van der Waals surface area contributed by atoms with Crippen molar-refractivity contribution in [1.82, 2.24) is 0 Å². The van der Waals surface area contributed by atoms with Crippen molar-refractivity contribution in [2.75, 3.05) is 0 Å². The molecule has 0 fully saturated rings. The molecule has 0 saturated carbocycles. The summed E-state index contributed by atoms with van der Waals surface area (Å²) in [4.78, 5) is 0. The highest BCUT2D eigenvalue weighted by atomic mass is 31.1. The molecule has 0 atom stereocenters. The summed E-state index contributed by atoms with van der Waals surface area (Å²) >= 11 is 0. The van der Waals surface area contributed by atoms with Gasteiger partial charge in [-0.05, 0) is 172 Å². The van der Waals surface area contributed by atoms with E-state index in [1.807, 2.05) is 0 Å². The molecule has 64 heavy (non-hydrogen) atoms. The molecule has 8 heteroatoms. The molecule has 8 rings (SSSR count). The summed E-state index contributed by atoms with van der Waals surface area (Å²) in [6, 6.07) is 26.5. The van der Waals surface area contributed by atoms with Crippen LogP contribution in [0, 0.1) is 69.2 Å². The van der Waals surface area contributed by atoms with Gasteiger partial charge in [0.2, 0.25) is 0 Å². The van der Waals surface area contributed by atoms with Gasteiger partial charge in [0, 0.05) is 43.8 Å². The second-order valence-corrected chi connectivity index (χ2v) is 22.9. The highest BCUT2D eigenvalue weighted by Gasteiger charge is 2.26. The third-order valence-corrected chi connectivity index (χ3v) is 14.3. The molecule has 2 heterocycles. The monoisotopic (exact) mass is 894 g/mol. The van der Waals surface area contributed by atoms with E-state index in [1.54, 1.807) is 0 Å². The zero-order valence-electron chi connectivity index (χ0n) is 40.7. The standard InChI is InChI=1S/C56H64O6P2/c1-31-17-37(7)49(57-29-63-59-51-39(9)19-33(3)23-43(51)44-24-34(4)20-40(10)52(44)60-63)41(21-31)42-22-32(2)18-38(8)50(42)58-30-64-61-53-45(25-35(5)27-47(53)55(11,12)13)46-26-36(6)28-48(54(46)62-64)56(14,15)16/h17-28H,29-30H2,1-16H3. The van der Waals surface area contributed by atoms with Gasteiger partial charge in [-0.3, -0.25) is 0 Å². The molecule has 0 spiro atoms. The van der Waals surface area contributed by atoms with Crippen molar-refractivity contribution >= 4 is 59.9 Å². The van der Waals surface area contributed by atoms with Gasteiger partial charge in [0.05, 0.1) is 0 Å². The smallest absolute Gasteiger partial charge is 0.257 e. The fourth-order valence-electron chi connectivity index (χ4n) is 9.29. The first kappa shape index (κ1) is 45.3. The first-order valence-electron chi connectivity index (χ1n) is 22.3. The van der Waals surface area contributed by atoms with E-state index in [9.17, 15) is 0 Å². The Morgan fingerprint density at radius 2 is 0.641 bits per heavy atom. The molecule has 0 saturated heterocycles. The number of fused-ring (bicyclic) bond motifs is 6. The third-order valence-electron chi connectivity index (χ3n) is 12.0. The number of benzene rings is 6. The zero-order valence-corrected chi connectivity index (χ0v) is 42.5. The van der Waals surface area contributed by atoms with Gasteiger partial charge < -0.3 is 26.3 Å². The van der Waals surface area contributed by atoms with E-state index in [-0.39, 0.29) is 23.5 Å². The third kappa shape index (κ3) is 8.89. The quantitative estimate of drug-likeness (QED) is 0.159. The largest absolute Gasteiger partial charge is 0.478 e. The van der Waals surface area contributed by atoms with Gasteiger partial charge in [-0.15, -0.1) is 0 Å². The van der Waals surface area contributed by atoms with E-state index in [1.165, 1.54) is 22.3 Å². The average Bonchev–Trinajstić information content (AvgIpc) is 3.43. The van der Waals surface area contributed by atoms with Gasteiger partial charge in [-0.25, -0.2) is 0 Å². The lowest BCUT2D eigenvalue weighted by atomic mass is 9.83. The van der Waals surface area contributed by atoms with Crippen molar-refractivity contribution in [2.45, 2.75) is 134 Å². The van der Waals surface area contributed by atoms with Crippen LogP contribution in [0.4, 0.5) is 0 Å². The molecule has 6 aromatic carbocycles. The summed E-state index contributed by atoms with van der Waals surface area (Å²) in [6.07, 6.45) is 0.439. The van der Waals surface area contributed by atoms with Gasteiger partial charge in [0.1, 0.15) is 33.8 Å². The fourth-order valence-corrected chi connectivity index (χ4v) is 11.7. The highest BCUT2D eigenvalue weighted by Crippen LogP contribution is 2.48. The Hall–Kier alpha value is -5.28. The minimum Gasteiger partial charge on any atom is -0.478 e. The SMILES string of the molecule is Cc1cc(C)c(OCp2oc3c(C)cc(C)cc3c3cc(C)cc(C)c3o2)c(-c2cc(C)cc(C)c2OCp2oc3c(C(C)(C)C)cc(C)cc3c3cc(C)cc(C(C)(C)C)c3o2)c1. The second kappa shape index (κ2) is 16.9. The van der Waals surface area contributed by atoms with Crippen LogP contribution in [-0.4, -0.2) is 0 Å². The normalized spacial score (nSPS) is 12.2. The van der Waals surface area contributed by atoms with Gasteiger partial charge in [-0.2, -0.15) is 0 Å². The van der Waals surface area contributed by atoms with Crippen molar-refractivity contribution in [1.29, 1.82) is 0 Å². The number of rotatable bonds is 7. The summed E-state index contributed by atoms with van der Waals surface area (Å²) < 4.78 is 41.9. The number of aryl methyl sites for hydroxylation is 10. The first-order valence-corrected chi connectivity index (χ1v) is 25.1. The molecule has 6 nitrogen and oxygen atoms in total. The molecule has 0 radical (unpaired) electrons. The molecule has 0 bridgehead atoms. The van der Waals surface area contributed by atoms with Crippen molar-refractivity contribution in [3.8, 4) is 22.6 Å². The molecule has 0 aliphatic carbocycles. The Labute approximate surface area is 381 Å². The lowest BCUT2D eigenvalue weighted by Crippen LogP contribution is -2.12. The Kier molecular flexibility index (Phi) is 12.0. The lowest BCUT2D eigenvalue weighted by Gasteiger charge is -2.21. The van der Waals surface area contributed by atoms with Crippen molar-refractivity contribution in [3.05, 3.63) is 140 Å². The summed E-state index contributed by atoms with van der Waals surface area (Å²) in [5, 5.41) is 4.24. The van der Waals surface area contributed by atoms with Crippen LogP contribution in [0.2, 0.25) is 0 Å². The molecule has 0 unspecified atom stereocenters. The van der Waals surface area contributed by atoms with Gasteiger partial charge >= 0.3 is 0 Å². The topological polar surface area (TPSA) is 71.0 Å². The second-order valence-electron chi connectivity index (χ2n) is 20.3. The van der Waals surface area contributed by atoms with E-state index >= 15 is 0 Å². The predicted molar refractivity (Wildman–Crippen MR) is 271 cm³/mol. The van der Waals surface area contributed by atoms with Crippen LogP contribution in [0.1, 0.15) is 108 Å². The zero-order chi connectivity index (χ0) is 46.2. The first-order chi connectivity index (χ1) is 30.0. The lowest BCUT2D eigenvalue weighted by molar-refractivity contribution is 0.326. The molecule has 2 aromatic heterocycles. The summed E-state index contributed by atoms with van der Waals surface area (Å²) in [5.74, 6) is 1.54. The number of hydrogen-bond acceptors (Lipinski definition) is 6. The molecule has 8 aromatic rings. The van der Waals surface area contributed by atoms with Gasteiger partial charge in [0.15, 0.2) is 12.7 Å². The van der Waals surface area contributed by atoms with Crippen LogP contribution >= 0.6 is 16.0 Å². The molecule has 0 amide bonds. The average molecular weight is 895 g/mol. The fraction of sp³-hybridized carbons (Fsp3) is 0.357. The maximum Gasteiger partial charge on any atom is 0.257 e. The van der Waals surface area contributed by atoms with Crippen LogP contribution in [0.5, 0.6) is 11.5 Å². The number of hydrogen-bond donors (Lipinski definition) is 0. The minimum absolute atomic E-state index is 0.171. The van der Waals surface area contributed by atoms with Crippen LogP contribution in [0.3, 0.4) is 0 Å².